The molecule has 2 aromatic carbocycles. The quantitative estimate of drug-likeness (QED) is 0.852. The molecule has 0 fully saturated rings. The van der Waals surface area contributed by atoms with Crippen LogP contribution in [0.1, 0.15) is 11.7 Å². The molecule has 3 heteroatoms. The van der Waals surface area contributed by atoms with Crippen LogP contribution >= 0.6 is 15.9 Å². The topological polar surface area (TPSA) is 40.5 Å². The zero-order valence-corrected chi connectivity index (χ0v) is 11.4. The number of benzene rings is 2. The van der Waals surface area contributed by atoms with Gasteiger partial charge in [-0.05, 0) is 16.7 Å². The molecule has 0 saturated heterocycles. The second-order valence-corrected chi connectivity index (χ2v) is 4.80. The van der Waals surface area contributed by atoms with Crippen LogP contribution in [0.15, 0.2) is 54.6 Å². The molecule has 2 N–H and O–H groups in total. The van der Waals surface area contributed by atoms with Gasteiger partial charge in [-0.1, -0.05) is 70.5 Å². The van der Waals surface area contributed by atoms with Crippen molar-refractivity contribution in [2.24, 2.45) is 0 Å². The van der Waals surface area contributed by atoms with Crippen LogP contribution in [0, 0.1) is 0 Å². The van der Waals surface area contributed by atoms with Gasteiger partial charge in [0.05, 0.1) is 6.10 Å². The molecule has 0 amide bonds. The number of rotatable bonds is 4. The highest BCUT2D eigenvalue weighted by Crippen LogP contribution is 2.23. The second kappa shape index (κ2) is 6.14. The molecule has 0 radical (unpaired) electrons. The van der Waals surface area contributed by atoms with Gasteiger partial charge in [-0.25, -0.2) is 0 Å². The third-order valence-corrected chi connectivity index (χ3v) is 3.55. The van der Waals surface area contributed by atoms with E-state index in [1.54, 1.807) is 0 Å². The Labute approximate surface area is 115 Å². The molecule has 0 aliphatic carbocycles. The van der Waals surface area contributed by atoms with Crippen molar-refractivity contribution < 1.29 is 10.2 Å². The number of aliphatic hydroxyl groups excluding tert-OH is 2. The summed E-state index contributed by atoms with van der Waals surface area (Å²) < 4.78 is 0. The molecule has 2 nitrogen and oxygen atoms in total. The molecule has 0 saturated carbocycles. The van der Waals surface area contributed by atoms with Crippen LogP contribution in [0.5, 0.6) is 0 Å². The maximum Gasteiger partial charge on any atom is 0.106 e. The van der Waals surface area contributed by atoms with E-state index in [1.165, 1.54) is 0 Å². The van der Waals surface area contributed by atoms with Gasteiger partial charge in [-0.3, -0.25) is 0 Å². The molecule has 0 spiro atoms. The summed E-state index contributed by atoms with van der Waals surface area (Å²) in [7, 11) is 0. The zero-order chi connectivity index (χ0) is 13.0. The number of halogens is 1. The Kier molecular flexibility index (Phi) is 4.53. The van der Waals surface area contributed by atoms with Gasteiger partial charge in [0.1, 0.15) is 6.10 Å². The third kappa shape index (κ3) is 2.99. The maximum absolute atomic E-state index is 9.87. The van der Waals surface area contributed by atoms with Gasteiger partial charge >= 0.3 is 0 Å². The predicted molar refractivity (Wildman–Crippen MR) is 76.6 cm³/mol. The molecule has 0 aliphatic heterocycles. The number of hydrogen-bond donors (Lipinski definition) is 2. The molecule has 94 valence electrons. The predicted octanol–water partition coefficient (Wildman–Crippen LogP) is 3.14. The fraction of sp³-hybridized carbons (Fsp3) is 0.200. The summed E-state index contributed by atoms with van der Waals surface area (Å²) in [6.45, 7) is 0. The second-order valence-electron chi connectivity index (χ2n) is 4.15. The van der Waals surface area contributed by atoms with Crippen molar-refractivity contribution in [2.75, 3.05) is 5.33 Å². The molecular formula is C15H15BrO2. The molecule has 0 bridgehead atoms. The standard InChI is InChI=1S/C15H15BrO2/c16-10-14(17)15(18)13-8-6-12(7-9-13)11-4-2-1-3-5-11/h1-9,14-15,17-18H,10H2. The van der Waals surface area contributed by atoms with Crippen molar-refractivity contribution in [3.05, 3.63) is 60.2 Å². The zero-order valence-electron chi connectivity index (χ0n) is 9.83. The first-order chi connectivity index (χ1) is 8.72. The normalized spacial score (nSPS) is 14.2. The molecule has 18 heavy (non-hydrogen) atoms. The minimum atomic E-state index is -0.853. The van der Waals surface area contributed by atoms with E-state index in [9.17, 15) is 10.2 Å². The lowest BCUT2D eigenvalue weighted by Crippen LogP contribution is -2.19. The Morgan fingerprint density at radius 2 is 1.39 bits per heavy atom. The summed E-state index contributed by atoms with van der Waals surface area (Å²) in [6, 6.07) is 17.6. The largest absolute Gasteiger partial charge is 0.389 e. The van der Waals surface area contributed by atoms with Crippen LogP contribution in [0.2, 0.25) is 0 Å². The Hall–Kier alpha value is -1.16. The van der Waals surface area contributed by atoms with E-state index in [2.05, 4.69) is 15.9 Å². The first-order valence-electron chi connectivity index (χ1n) is 5.80. The van der Waals surface area contributed by atoms with Gasteiger partial charge in [0.2, 0.25) is 0 Å². The SMILES string of the molecule is OC(CBr)C(O)c1ccc(-c2ccccc2)cc1. The van der Waals surface area contributed by atoms with Gasteiger partial charge in [0.25, 0.3) is 0 Å². The summed E-state index contributed by atoms with van der Waals surface area (Å²) >= 11 is 3.15. The van der Waals surface area contributed by atoms with E-state index in [1.807, 2.05) is 54.6 Å². The molecule has 0 aromatic heterocycles. The monoisotopic (exact) mass is 306 g/mol. The number of aliphatic hydroxyl groups is 2. The Morgan fingerprint density at radius 3 is 1.94 bits per heavy atom. The average Bonchev–Trinajstić information content (AvgIpc) is 2.47. The van der Waals surface area contributed by atoms with Crippen molar-refractivity contribution in [2.45, 2.75) is 12.2 Å². The van der Waals surface area contributed by atoms with E-state index < -0.39 is 12.2 Å². The van der Waals surface area contributed by atoms with Crippen molar-refractivity contribution in [1.29, 1.82) is 0 Å². The highest BCUT2D eigenvalue weighted by atomic mass is 79.9. The highest BCUT2D eigenvalue weighted by Gasteiger charge is 2.16. The van der Waals surface area contributed by atoms with E-state index in [-0.39, 0.29) is 0 Å². The van der Waals surface area contributed by atoms with E-state index in [0.29, 0.717) is 5.33 Å². The van der Waals surface area contributed by atoms with Gasteiger partial charge < -0.3 is 10.2 Å². The van der Waals surface area contributed by atoms with Gasteiger partial charge in [-0.2, -0.15) is 0 Å². The Balaban J connectivity index is 2.20. The van der Waals surface area contributed by atoms with Crippen molar-refractivity contribution >= 4 is 15.9 Å². The molecule has 2 aromatic rings. The molecular weight excluding hydrogens is 292 g/mol. The minimum absolute atomic E-state index is 0.356. The fourth-order valence-electron chi connectivity index (χ4n) is 1.81. The van der Waals surface area contributed by atoms with Crippen LogP contribution in [0.4, 0.5) is 0 Å². The van der Waals surface area contributed by atoms with Crippen molar-refractivity contribution in [1.82, 2.24) is 0 Å². The van der Waals surface area contributed by atoms with Crippen molar-refractivity contribution in [3.8, 4) is 11.1 Å². The van der Waals surface area contributed by atoms with Crippen LogP contribution in [0.3, 0.4) is 0 Å². The third-order valence-electron chi connectivity index (χ3n) is 2.88. The summed E-state index contributed by atoms with van der Waals surface area (Å²) in [4.78, 5) is 0. The highest BCUT2D eigenvalue weighted by molar-refractivity contribution is 9.09. The lowest BCUT2D eigenvalue weighted by molar-refractivity contribution is 0.0343. The summed E-state index contributed by atoms with van der Waals surface area (Å²) in [5.41, 5.74) is 2.96. The molecule has 0 aliphatic rings. The summed E-state index contributed by atoms with van der Waals surface area (Å²) in [6.07, 6.45) is -1.64. The maximum atomic E-state index is 9.87. The average molecular weight is 307 g/mol. The van der Waals surface area contributed by atoms with E-state index in [0.717, 1.165) is 16.7 Å². The van der Waals surface area contributed by atoms with Crippen LogP contribution < -0.4 is 0 Å². The lowest BCUT2D eigenvalue weighted by Gasteiger charge is -2.16. The van der Waals surface area contributed by atoms with E-state index in [4.69, 9.17) is 0 Å². The van der Waals surface area contributed by atoms with Crippen LogP contribution in [-0.4, -0.2) is 21.6 Å². The molecule has 2 rings (SSSR count). The first kappa shape index (κ1) is 13.3. The van der Waals surface area contributed by atoms with Crippen LogP contribution in [0.25, 0.3) is 11.1 Å². The Bertz CT molecular complexity index is 482. The summed E-state index contributed by atoms with van der Waals surface area (Å²) in [5.74, 6) is 0. The lowest BCUT2D eigenvalue weighted by atomic mass is 10.0. The van der Waals surface area contributed by atoms with E-state index >= 15 is 0 Å². The number of hydrogen-bond acceptors (Lipinski definition) is 2. The van der Waals surface area contributed by atoms with Gasteiger partial charge in [-0.15, -0.1) is 0 Å². The minimum Gasteiger partial charge on any atom is -0.389 e. The fourth-order valence-corrected chi connectivity index (χ4v) is 2.16. The first-order valence-corrected chi connectivity index (χ1v) is 6.92. The van der Waals surface area contributed by atoms with Gasteiger partial charge in [0, 0.05) is 5.33 Å². The molecule has 2 atom stereocenters. The molecule has 2 unspecified atom stereocenters. The smallest absolute Gasteiger partial charge is 0.106 e. The van der Waals surface area contributed by atoms with Gasteiger partial charge in [0.15, 0.2) is 0 Å². The Morgan fingerprint density at radius 1 is 0.833 bits per heavy atom. The number of alkyl halides is 1. The van der Waals surface area contributed by atoms with Crippen molar-refractivity contribution in [3.63, 3.8) is 0 Å². The van der Waals surface area contributed by atoms with Crippen LogP contribution in [-0.2, 0) is 0 Å². The summed E-state index contributed by atoms with van der Waals surface area (Å²) in [5, 5.41) is 19.8. The molecule has 0 heterocycles.